The molecule has 0 saturated carbocycles. The van der Waals surface area contributed by atoms with E-state index in [0.29, 0.717) is 11.3 Å². The molecule has 0 atom stereocenters. The summed E-state index contributed by atoms with van der Waals surface area (Å²) < 4.78 is 7.01. The lowest BCUT2D eigenvalue weighted by Gasteiger charge is -2.04. The Morgan fingerprint density at radius 2 is 1.75 bits per heavy atom. The van der Waals surface area contributed by atoms with Gasteiger partial charge in [-0.15, -0.1) is 0 Å². The van der Waals surface area contributed by atoms with E-state index in [-0.39, 0.29) is 11.5 Å². The van der Waals surface area contributed by atoms with Crippen LogP contribution in [-0.4, -0.2) is 21.5 Å². The van der Waals surface area contributed by atoms with Crippen LogP contribution in [0.25, 0.3) is 5.69 Å². The van der Waals surface area contributed by atoms with Crippen LogP contribution in [-0.2, 0) is 0 Å². The van der Waals surface area contributed by atoms with Crippen molar-refractivity contribution in [2.75, 3.05) is 0 Å². The number of carbonyl (C=O) groups excluding carboxylic acids is 2. The second-order valence-electron chi connectivity index (χ2n) is 5.39. The van der Waals surface area contributed by atoms with E-state index in [1.54, 1.807) is 35.0 Å². The minimum absolute atomic E-state index is 0.0860. The molecule has 0 N–H and O–H groups in total. The van der Waals surface area contributed by atoms with Crippen molar-refractivity contribution in [2.45, 2.75) is 13.8 Å². The van der Waals surface area contributed by atoms with Gasteiger partial charge in [0.2, 0.25) is 0 Å². The van der Waals surface area contributed by atoms with E-state index in [2.05, 4.69) is 5.10 Å². The summed E-state index contributed by atoms with van der Waals surface area (Å²) in [7, 11) is 0. The zero-order valence-electron chi connectivity index (χ0n) is 13.4. The van der Waals surface area contributed by atoms with E-state index in [0.717, 1.165) is 11.4 Å². The van der Waals surface area contributed by atoms with Gasteiger partial charge in [0, 0.05) is 11.3 Å². The summed E-state index contributed by atoms with van der Waals surface area (Å²) in [5.41, 5.74) is 2.40. The Balaban J connectivity index is 1.84. The van der Waals surface area contributed by atoms with E-state index in [9.17, 15) is 9.59 Å². The molecule has 120 valence electrons. The lowest BCUT2D eigenvalue weighted by atomic mass is 10.1. The zero-order chi connectivity index (χ0) is 17.1. The van der Waals surface area contributed by atoms with E-state index in [1.807, 2.05) is 37.3 Å². The quantitative estimate of drug-likeness (QED) is 0.418. The molecule has 0 bridgehead atoms. The Labute approximate surface area is 139 Å². The highest BCUT2D eigenvalue weighted by Crippen LogP contribution is 2.17. The van der Waals surface area contributed by atoms with Crippen molar-refractivity contribution >= 4 is 11.8 Å². The number of hydrogen-bond acceptors (Lipinski definition) is 4. The molecule has 0 radical (unpaired) electrons. The predicted molar refractivity (Wildman–Crippen MR) is 89.7 cm³/mol. The van der Waals surface area contributed by atoms with Gasteiger partial charge < -0.3 is 4.74 Å². The minimum atomic E-state index is -0.562. The maximum atomic E-state index is 12.3. The molecule has 1 aromatic heterocycles. The summed E-state index contributed by atoms with van der Waals surface area (Å²) >= 11 is 0. The lowest BCUT2D eigenvalue weighted by Crippen LogP contribution is -2.10. The SMILES string of the molecule is CC(=O)c1cccc(OC(=O)c2cc(C)n(-c3ccccc3)n2)c1. The molecule has 2 aromatic carbocycles. The Hall–Kier alpha value is -3.21. The maximum absolute atomic E-state index is 12.3. The van der Waals surface area contributed by atoms with Crippen LogP contribution < -0.4 is 4.74 Å². The minimum Gasteiger partial charge on any atom is -0.422 e. The van der Waals surface area contributed by atoms with Gasteiger partial charge in [0.15, 0.2) is 11.5 Å². The van der Waals surface area contributed by atoms with Crippen molar-refractivity contribution < 1.29 is 14.3 Å². The molecule has 3 rings (SSSR count). The van der Waals surface area contributed by atoms with Gasteiger partial charge in [0.1, 0.15) is 5.75 Å². The van der Waals surface area contributed by atoms with E-state index in [4.69, 9.17) is 4.74 Å². The summed E-state index contributed by atoms with van der Waals surface area (Å²) in [4.78, 5) is 23.7. The normalized spacial score (nSPS) is 10.4. The van der Waals surface area contributed by atoms with Gasteiger partial charge in [-0.2, -0.15) is 5.10 Å². The number of ketones is 1. The Morgan fingerprint density at radius 1 is 1.00 bits per heavy atom. The van der Waals surface area contributed by atoms with Crippen molar-refractivity contribution in [1.29, 1.82) is 0 Å². The van der Waals surface area contributed by atoms with Crippen LogP contribution in [0, 0.1) is 6.92 Å². The number of carbonyl (C=O) groups is 2. The Kier molecular flexibility index (Phi) is 4.24. The van der Waals surface area contributed by atoms with E-state index >= 15 is 0 Å². The maximum Gasteiger partial charge on any atom is 0.364 e. The molecule has 5 heteroatoms. The van der Waals surface area contributed by atoms with E-state index < -0.39 is 5.97 Å². The molecule has 0 spiro atoms. The molecule has 1 heterocycles. The first kappa shape index (κ1) is 15.7. The first-order valence-corrected chi connectivity index (χ1v) is 7.50. The Morgan fingerprint density at radius 3 is 2.46 bits per heavy atom. The van der Waals surface area contributed by atoms with Gasteiger partial charge in [-0.1, -0.05) is 30.3 Å². The fourth-order valence-corrected chi connectivity index (χ4v) is 2.34. The number of benzene rings is 2. The third kappa shape index (κ3) is 3.25. The molecular formula is C19H16N2O3. The number of aryl methyl sites for hydroxylation is 1. The molecule has 3 aromatic rings. The van der Waals surface area contributed by atoms with Crippen LogP contribution in [0.4, 0.5) is 0 Å². The van der Waals surface area contributed by atoms with Crippen molar-refractivity contribution in [3.8, 4) is 11.4 Å². The predicted octanol–water partition coefficient (Wildman–Crippen LogP) is 3.60. The molecule has 0 aliphatic carbocycles. The number of Topliss-reactive ketones (excluding diaryl/α,β-unsaturated/α-hetero) is 1. The van der Waals surface area contributed by atoms with Crippen LogP contribution in [0.2, 0.25) is 0 Å². The molecule has 0 aliphatic rings. The summed E-state index contributed by atoms with van der Waals surface area (Å²) in [5, 5.41) is 4.31. The van der Waals surface area contributed by atoms with Crippen LogP contribution in [0.3, 0.4) is 0 Å². The molecule has 24 heavy (non-hydrogen) atoms. The number of para-hydroxylation sites is 1. The third-order valence-corrected chi connectivity index (χ3v) is 3.55. The van der Waals surface area contributed by atoms with Crippen molar-refractivity contribution in [3.05, 3.63) is 77.6 Å². The average molecular weight is 320 g/mol. The van der Waals surface area contributed by atoms with Crippen LogP contribution in [0.1, 0.15) is 33.5 Å². The zero-order valence-corrected chi connectivity index (χ0v) is 13.4. The molecule has 0 aliphatic heterocycles. The fourth-order valence-electron chi connectivity index (χ4n) is 2.34. The summed E-state index contributed by atoms with van der Waals surface area (Å²) in [5.74, 6) is -0.329. The van der Waals surface area contributed by atoms with Crippen LogP contribution in [0.15, 0.2) is 60.7 Å². The number of esters is 1. The highest BCUT2D eigenvalue weighted by atomic mass is 16.5. The molecule has 0 fully saturated rings. The molecule has 0 saturated heterocycles. The van der Waals surface area contributed by atoms with Gasteiger partial charge >= 0.3 is 5.97 Å². The number of hydrogen-bond donors (Lipinski definition) is 0. The van der Waals surface area contributed by atoms with Crippen LogP contribution >= 0.6 is 0 Å². The van der Waals surface area contributed by atoms with Gasteiger partial charge in [-0.3, -0.25) is 4.79 Å². The second kappa shape index (κ2) is 6.50. The molecule has 0 amide bonds. The Bertz CT molecular complexity index is 898. The number of aromatic nitrogens is 2. The van der Waals surface area contributed by atoms with Crippen molar-refractivity contribution in [1.82, 2.24) is 9.78 Å². The second-order valence-corrected chi connectivity index (χ2v) is 5.39. The third-order valence-electron chi connectivity index (χ3n) is 3.55. The first-order chi connectivity index (χ1) is 11.5. The number of rotatable bonds is 4. The van der Waals surface area contributed by atoms with E-state index in [1.165, 1.54) is 6.92 Å². The molecule has 0 unspecified atom stereocenters. The fraction of sp³-hybridized carbons (Fsp3) is 0.105. The van der Waals surface area contributed by atoms with Gasteiger partial charge in [0.05, 0.1) is 5.69 Å². The van der Waals surface area contributed by atoms with Gasteiger partial charge in [-0.25, -0.2) is 9.48 Å². The number of nitrogens with zero attached hydrogens (tertiary/aromatic N) is 2. The highest BCUT2D eigenvalue weighted by Gasteiger charge is 2.16. The molecular weight excluding hydrogens is 304 g/mol. The topological polar surface area (TPSA) is 61.2 Å². The van der Waals surface area contributed by atoms with Gasteiger partial charge in [-0.05, 0) is 44.2 Å². The number of ether oxygens (including phenoxy) is 1. The summed E-state index contributed by atoms with van der Waals surface area (Å²) in [6, 6.07) is 17.7. The highest BCUT2D eigenvalue weighted by molar-refractivity contribution is 5.95. The summed E-state index contributed by atoms with van der Waals surface area (Å²) in [6.07, 6.45) is 0. The first-order valence-electron chi connectivity index (χ1n) is 7.50. The van der Waals surface area contributed by atoms with Crippen molar-refractivity contribution in [2.24, 2.45) is 0 Å². The standard InChI is InChI=1S/C19H16N2O3/c1-13-11-18(20-21(13)16-8-4-3-5-9-16)19(23)24-17-10-6-7-15(12-17)14(2)22/h3-12H,1-2H3. The lowest BCUT2D eigenvalue weighted by molar-refractivity contribution is 0.0727. The largest absolute Gasteiger partial charge is 0.422 e. The van der Waals surface area contributed by atoms with Crippen LogP contribution in [0.5, 0.6) is 5.75 Å². The summed E-state index contributed by atoms with van der Waals surface area (Å²) in [6.45, 7) is 3.33. The monoisotopic (exact) mass is 320 g/mol. The molecule has 5 nitrogen and oxygen atoms in total. The smallest absolute Gasteiger partial charge is 0.364 e. The van der Waals surface area contributed by atoms with Gasteiger partial charge in [0.25, 0.3) is 0 Å². The van der Waals surface area contributed by atoms with Crippen molar-refractivity contribution in [3.63, 3.8) is 0 Å². The average Bonchev–Trinajstić information content (AvgIpc) is 2.98.